The fourth-order valence-corrected chi connectivity index (χ4v) is 4.27. The lowest BCUT2D eigenvalue weighted by atomic mass is 9.89. The van der Waals surface area contributed by atoms with E-state index in [0.29, 0.717) is 43.7 Å². The van der Waals surface area contributed by atoms with Crippen LogP contribution in [-0.2, 0) is 9.47 Å². The molecule has 10 nitrogen and oxygen atoms in total. The minimum Gasteiger partial charge on any atom is -0.477 e. The standard InChI is InChI=1S/C30H44N4O6/c1-9-37-25-23(11-10-16-31-25)24-13-12-22(21-14-17-34(18-15-21)28(36)40-30(5,6)7)26(32-24)38-20-19-33(8)27(35)39-29(2,3)4/h10-13,16,21H,9,14-15,17-20H2,1-8H3. The summed E-state index contributed by atoms with van der Waals surface area (Å²) in [5, 5.41) is 0. The van der Waals surface area contributed by atoms with Crippen molar-refractivity contribution in [1.29, 1.82) is 0 Å². The minimum atomic E-state index is -0.578. The highest BCUT2D eigenvalue weighted by molar-refractivity contribution is 5.69. The topological polar surface area (TPSA) is 103 Å². The average Bonchev–Trinajstić information content (AvgIpc) is 2.87. The summed E-state index contributed by atoms with van der Waals surface area (Å²) < 4.78 is 22.9. The Morgan fingerprint density at radius 3 is 2.27 bits per heavy atom. The quantitative estimate of drug-likeness (QED) is 0.396. The molecule has 0 saturated carbocycles. The number of rotatable bonds is 8. The second-order valence-electron chi connectivity index (χ2n) is 11.9. The summed E-state index contributed by atoms with van der Waals surface area (Å²) in [4.78, 5) is 37.4. The highest BCUT2D eigenvalue weighted by Crippen LogP contribution is 2.36. The maximum absolute atomic E-state index is 12.6. The van der Waals surface area contributed by atoms with Crippen molar-refractivity contribution >= 4 is 12.2 Å². The number of pyridine rings is 2. The number of amides is 2. The molecule has 1 saturated heterocycles. The summed E-state index contributed by atoms with van der Waals surface area (Å²) in [5.41, 5.74) is 1.31. The molecule has 0 spiro atoms. The normalized spacial score (nSPS) is 14.4. The monoisotopic (exact) mass is 556 g/mol. The molecule has 3 rings (SSSR count). The predicted molar refractivity (Wildman–Crippen MR) is 153 cm³/mol. The Labute approximate surface area is 238 Å². The largest absolute Gasteiger partial charge is 0.477 e. The highest BCUT2D eigenvalue weighted by atomic mass is 16.6. The second-order valence-corrected chi connectivity index (χ2v) is 11.9. The summed E-state index contributed by atoms with van der Waals surface area (Å²) in [6, 6.07) is 7.75. The Morgan fingerprint density at radius 1 is 0.975 bits per heavy atom. The molecule has 0 N–H and O–H groups in total. The van der Waals surface area contributed by atoms with Crippen LogP contribution in [0.25, 0.3) is 11.3 Å². The smallest absolute Gasteiger partial charge is 0.410 e. The lowest BCUT2D eigenvalue weighted by Crippen LogP contribution is -2.41. The zero-order chi connectivity index (χ0) is 29.5. The van der Waals surface area contributed by atoms with Crippen LogP contribution in [0.15, 0.2) is 30.5 Å². The molecule has 0 atom stereocenters. The highest BCUT2D eigenvalue weighted by Gasteiger charge is 2.29. The molecule has 1 aliphatic heterocycles. The number of nitrogens with zero attached hydrogens (tertiary/aromatic N) is 4. The Morgan fingerprint density at radius 2 is 1.65 bits per heavy atom. The van der Waals surface area contributed by atoms with E-state index in [1.807, 2.05) is 72.7 Å². The fraction of sp³-hybridized carbons (Fsp3) is 0.600. The summed E-state index contributed by atoms with van der Waals surface area (Å²) in [7, 11) is 1.68. The van der Waals surface area contributed by atoms with Crippen molar-refractivity contribution in [2.75, 3.05) is 39.9 Å². The van der Waals surface area contributed by atoms with E-state index < -0.39 is 17.3 Å². The molecule has 1 aliphatic rings. The van der Waals surface area contributed by atoms with Crippen LogP contribution in [0.5, 0.6) is 11.8 Å². The van der Waals surface area contributed by atoms with Gasteiger partial charge >= 0.3 is 12.2 Å². The van der Waals surface area contributed by atoms with E-state index in [4.69, 9.17) is 23.9 Å². The van der Waals surface area contributed by atoms with Gasteiger partial charge in [-0.25, -0.2) is 19.6 Å². The summed E-state index contributed by atoms with van der Waals surface area (Å²) in [5.74, 6) is 1.16. The third-order valence-electron chi connectivity index (χ3n) is 6.18. The molecule has 0 aromatic carbocycles. The number of carbonyl (C=O) groups excluding carboxylic acids is 2. The Hall–Kier alpha value is -3.56. The molecule has 220 valence electrons. The van der Waals surface area contributed by atoms with E-state index in [-0.39, 0.29) is 18.6 Å². The van der Waals surface area contributed by atoms with Crippen LogP contribution in [0, 0.1) is 0 Å². The average molecular weight is 557 g/mol. The van der Waals surface area contributed by atoms with Gasteiger partial charge in [-0.1, -0.05) is 6.07 Å². The maximum Gasteiger partial charge on any atom is 0.410 e. The van der Waals surface area contributed by atoms with Crippen molar-refractivity contribution in [2.24, 2.45) is 0 Å². The first-order chi connectivity index (χ1) is 18.8. The van der Waals surface area contributed by atoms with Crippen LogP contribution in [0.3, 0.4) is 0 Å². The van der Waals surface area contributed by atoms with Gasteiger partial charge in [0.2, 0.25) is 11.8 Å². The molecule has 0 bridgehead atoms. The van der Waals surface area contributed by atoms with E-state index in [1.54, 1.807) is 18.1 Å². The van der Waals surface area contributed by atoms with Gasteiger partial charge in [0.05, 0.1) is 24.4 Å². The van der Waals surface area contributed by atoms with Gasteiger partial charge < -0.3 is 28.7 Å². The summed E-state index contributed by atoms with van der Waals surface area (Å²) in [6.07, 6.45) is 2.49. The first-order valence-corrected chi connectivity index (χ1v) is 13.9. The van der Waals surface area contributed by atoms with E-state index in [2.05, 4.69) is 4.98 Å². The molecule has 10 heteroatoms. The van der Waals surface area contributed by atoms with E-state index >= 15 is 0 Å². The van der Waals surface area contributed by atoms with Gasteiger partial charge in [0, 0.05) is 31.9 Å². The first-order valence-electron chi connectivity index (χ1n) is 13.9. The maximum atomic E-state index is 12.6. The number of hydrogen-bond acceptors (Lipinski definition) is 8. The Bertz CT molecular complexity index is 1150. The van der Waals surface area contributed by atoms with Crippen LogP contribution in [0.1, 0.15) is 72.8 Å². The number of likely N-dealkylation sites (N-methyl/N-ethyl adjacent to an activating group) is 1. The first kappa shape index (κ1) is 31.0. The summed E-state index contributed by atoms with van der Waals surface area (Å²) >= 11 is 0. The van der Waals surface area contributed by atoms with Crippen LogP contribution < -0.4 is 9.47 Å². The van der Waals surface area contributed by atoms with Crippen molar-refractivity contribution in [1.82, 2.24) is 19.8 Å². The number of hydrogen-bond donors (Lipinski definition) is 0. The Kier molecular flexibility index (Phi) is 10.2. The SMILES string of the molecule is CCOc1ncccc1-c1ccc(C2CCN(C(=O)OC(C)(C)C)CC2)c(OCCN(C)C(=O)OC(C)(C)C)n1. The molecule has 2 amide bonds. The van der Waals surface area contributed by atoms with E-state index in [1.165, 1.54) is 4.90 Å². The minimum absolute atomic E-state index is 0.152. The van der Waals surface area contributed by atoms with Gasteiger partial charge in [0.25, 0.3) is 0 Å². The zero-order valence-electron chi connectivity index (χ0n) is 25.2. The number of carbonyl (C=O) groups is 2. The van der Waals surface area contributed by atoms with Crippen molar-refractivity contribution < 1.29 is 28.5 Å². The molecular formula is C30H44N4O6. The van der Waals surface area contributed by atoms with Gasteiger partial charge in [-0.2, -0.15) is 0 Å². The number of piperidine rings is 1. The van der Waals surface area contributed by atoms with Gasteiger partial charge in [-0.05, 0) is 85.4 Å². The lowest BCUT2D eigenvalue weighted by Gasteiger charge is -2.34. The molecule has 0 aliphatic carbocycles. The third kappa shape index (κ3) is 8.99. The van der Waals surface area contributed by atoms with Crippen molar-refractivity contribution in [2.45, 2.75) is 78.4 Å². The molecule has 2 aromatic rings. The fourth-order valence-electron chi connectivity index (χ4n) is 4.27. The van der Waals surface area contributed by atoms with Crippen LogP contribution in [-0.4, -0.2) is 83.1 Å². The van der Waals surface area contributed by atoms with Gasteiger partial charge in [0.15, 0.2) is 0 Å². The van der Waals surface area contributed by atoms with E-state index in [0.717, 1.165) is 24.0 Å². The van der Waals surface area contributed by atoms with Gasteiger partial charge in [-0.15, -0.1) is 0 Å². The van der Waals surface area contributed by atoms with Crippen LogP contribution >= 0.6 is 0 Å². The number of ether oxygens (including phenoxy) is 4. The van der Waals surface area contributed by atoms with Crippen LogP contribution in [0.2, 0.25) is 0 Å². The van der Waals surface area contributed by atoms with Gasteiger partial charge in [-0.3, -0.25) is 0 Å². The summed E-state index contributed by atoms with van der Waals surface area (Å²) in [6.45, 7) is 15.2. The van der Waals surface area contributed by atoms with Gasteiger partial charge in [0.1, 0.15) is 17.8 Å². The molecule has 3 heterocycles. The van der Waals surface area contributed by atoms with Crippen molar-refractivity contribution in [3.05, 3.63) is 36.0 Å². The second kappa shape index (κ2) is 13.2. The van der Waals surface area contributed by atoms with Crippen molar-refractivity contribution in [3.63, 3.8) is 0 Å². The zero-order valence-corrected chi connectivity index (χ0v) is 25.2. The predicted octanol–water partition coefficient (Wildman–Crippen LogP) is 5.90. The van der Waals surface area contributed by atoms with Crippen LogP contribution in [0.4, 0.5) is 9.59 Å². The van der Waals surface area contributed by atoms with Crippen molar-refractivity contribution in [3.8, 4) is 23.0 Å². The molecule has 1 fully saturated rings. The molecule has 0 unspecified atom stereocenters. The molecule has 2 aromatic heterocycles. The molecule has 40 heavy (non-hydrogen) atoms. The number of aromatic nitrogens is 2. The third-order valence-corrected chi connectivity index (χ3v) is 6.18. The van der Waals surface area contributed by atoms with E-state index in [9.17, 15) is 9.59 Å². The number of likely N-dealkylation sites (tertiary alicyclic amines) is 1. The lowest BCUT2D eigenvalue weighted by molar-refractivity contribution is 0.0201. The molecule has 0 radical (unpaired) electrons. The molecular weight excluding hydrogens is 512 g/mol. The Balaban J connectivity index is 1.80.